The lowest BCUT2D eigenvalue weighted by Gasteiger charge is -2.30. The molecule has 2 heterocycles. The van der Waals surface area contributed by atoms with Crippen LogP contribution in [-0.2, 0) is 21.4 Å². The lowest BCUT2D eigenvalue weighted by molar-refractivity contribution is -0.139. The fourth-order valence-electron chi connectivity index (χ4n) is 3.94. The van der Waals surface area contributed by atoms with E-state index in [1.807, 2.05) is 26.1 Å². The molecule has 1 aromatic carbocycles. The molecule has 164 valence electrons. The molecule has 0 fully saturated rings. The number of aryl methyl sites for hydroxylation is 1. The second-order valence-corrected chi connectivity index (χ2v) is 9.06. The molecule has 1 aromatic heterocycles. The van der Waals surface area contributed by atoms with Gasteiger partial charge < -0.3 is 19.5 Å². The monoisotopic (exact) mass is 431 g/mol. The summed E-state index contributed by atoms with van der Waals surface area (Å²) in [6.07, 6.45) is 1.62. The maximum Gasteiger partial charge on any atom is 0.247 e. The van der Waals surface area contributed by atoms with Gasteiger partial charge in [-0.15, -0.1) is 0 Å². The van der Waals surface area contributed by atoms with Crippen molar-refractivity contribution >= 4 is 34.5 Å². The van der Waals surface area contributed by atoms with Crippen LogP contribution in [0.3, 0.4) is 0 Å². The molecule has 0 saturated heterocycles. The minimum absolute atomic E-state index is 0.000731. The minimum Gasteiger partial charge on any atom is -0.382 e. The molecular formula is C23H33N3O3S. The zero-order chi connectivity index (χ0) is 21.7. The van der Waals surface area contributed by atoms with Crippen molar-refractivity contribution in [2.75, 3.05) is 32.1 Å². The van der Waals surface area contributed by atoms with Gasteiger partial charge in [0.2, 0.25) is 11.8 Å². The molecule has 0 spiro atoms. The Morgan fingerprint density at radius 3 is 2.83 bits per heavy atom. The molecule has 1 aliphatic rings. The summed E-state index contributed by atoms with van der Waals surface area (Å²) >= 11 is 1.53. The zero-order valence-corrected chi connectivity index (χ0v) is 19.3. The van der Waals surface area contributed by atoms with Crippen LogP contribution in [0.15, 0.2) is 29.3 Å². The van der Waals surface area contributed by atoms with Crippen LogP contribution in [0.25, 0.3) is 10.9 Å². The number of amides is 2. The number of benzene rings is 1. The molecule has 1 atom stereocenters. The summed E-state index contributed by atoms with van der Waals surface area (Å²) in [7, 11) is 2.01. The Kier molecular flexibility index (Phi) is 7.83. The summed E-state index contributed by atoms with van der Waals surface area (Å²) in [5.74, 6) is 0.745. The predicted octanol–water partition coefficient (Wildman–Crippen LogP) is 3.74. The fourth-order valence-corrected chi connectivity index (χ4v) is 5.03. The average molecular weight is 432 g/mol. The number of nitrogens with one attached hydrogen (secondary N) is 1. The molecule has 6 nitrogen and oxygen atoms in total. The molecule has 3 rings (SSSR count). The van der Waals surface area contributed by atoms with Gasteiger partial charge in [0.25, 0.3) is 0 Å². The maximum atomic E-state index is 13.4. The van der Waals surface area contributed by atoms with Crippen LogP contribution in [0.5, 0.6) is 0 Å². The standard InChI is InChI=1S/C23H33N3O3S/c1-5-29-14-8-13-26-19(27)15-30-23-20(17-9-6-7-10-18(17)25(23)4)21(26)22(28)24-12-11-16(2)3/h6-7,9-10,16,21H,5,8,11-15H2,1-4H3,(H,24,28)/t21-/m1/s1. The van der Waals surface area contributed by atoms with E-state index < -0.39 is 6.04 Å². The van der Waals surface area contributed by atoms with Gasteiger partial charge in [-0.1, -0.05) is 43.8 Å². The molecule has 30 heavy (non-hydrogen) atoms. The van der Waals surface area contributed by atoms with Crippen molar-refractivity contribution in [3.63, 3.8) is 0 Å². The van der Waals surface area contributed by atoms with Crippen molar-refractivity contribution in [2.24, 2.45) is 13.0 Å². The number of ether oxygens (including phenoxy) is 1. The lowest BCUT2D eigenvalue weighted by Crippen LogP contribution is -2.44. The number of carbonyl (C=O) groups is 2. The van der Waals surface area contributed by atoms with Crippen LogP contribution >= 0.6 is 11.8 Å². The number of nitrogens with zero attached hydrogens (tertiary/aromatic N) is 2. The normalized spacial score (nSPS) is 16.8. The number of fused-ring (bicyclic) bond motifs is 3. The van der Waals surface area contributed by atoms with Gasteiger partial charge in [0.15, 0.2) is 0 Å². The van der Waals surface area contributed by atoms with Gasteiger partial charge in [-0.25, -0.2) is 0 Å². The van der Waals surface area contributed by atoms with E-state index in [9.17, 15) is 9.59 Å². The van der Waals surface area contributed by atoms with Crippen LogP contribution in [0.1, 0.15) is 45.2 Å². The van der Waals surface area contributed by atoms with E-state index in [1.165, 1.54) is 11.8 Å². The minimum atomic E-state index is -0.623. The molecule has 0 aliphatic carbocycles. The van der Waals surface area contributed by atoms with Crippen LogP contribution in [0.2, 0.25) is 0 Å². The molecule has 2 amide bonds. The number of aromatic nitrogens is 1. The van der Waals surface area contributed by atoms with Gasteiger partial charge in [0.1, 0.15) is 6.04 Å². The van der Waals surface area contributed by atoms with Crippen LogP contribution in [0, 0.1) is 5.92 Å². The number of para-hydroxylation sites is 1. The van der Waals surface area contributed by atoms with E-state index in [0.29, 0.717) is 44.4 Å². The Bertz CT molecular complexity index is 893. The second kappa shape index (κ2) is 10.4. The first kappa shape index (κ1) is 22.7. The van der Waals surface area contributed by atoms with Crippen molar-refractivity contribution < 1.29 is 14.3 Å². The van der Waals surface area contributed by atoms with E-state index in [-0.39, 0.29) is 11.8 Å². The van der Waals surface area contributed by atoms with Gasteiger partial charge in [0, 0.05) is 49.8 Å². The predicted molar refractivity (Wildman–Crippen MR) is 122 cm³/mol. The van der Waals surface area contributed by atoms with Crippen molar-refractivity contribution in [1.82, 2.24) is 14.8 Å². The fraction of sp³-hybridized carbons (Fsp3) is 0.565. The SMILES string of the molecule is CCOCCCN1C(=O)CSc2c(c3ccccc3n2C)[C@@H]1C(=O)NCCC(C)C. The first-order chi connectivity index (χ1) is 14.5. The van der Waals surface area contributed by atoms with E-state index in [4.69, 9.17) is 4.74 Å². The first-order valence-corrected chi connectivity index (χ1v) is 11.8. The summed E-state index contributed by atoms with van der Waals surface area (Å²) in [5, 5.41) is 5.13. The van der Waals surface area contributed by atoms with Gasteiger partial charge in [-0.3, -0.25) is 9.59 Å². The quantitative estimate of drug-likeness (QED) is 0.615. The highest BCUT2D eigenvalue weighted by Crippen LogP contribution is 2.41. The summed E-state index contributed by atoms with van der Waals surface area (Å²) in [6.45, 7) is 8.59. The molecule has 0 radical (unpaired) electrons. The molecule has 0 unspecified atom stereocenters. The third kappa shape index (κ3) is 4.83. The van der Waals surface area contributed by atoms with Crippen LogP contribution in [-0.4, -0.2) is 53.3 Å². The first-order valence-electron chi connectivity index (χ1n) is 10.8. The van der Waals surface area contributed by atoms with E-state index in [0.717, 1.165) is 27.9 Å². The molecule has 2 aromatic rings. The average Bonchev–Trinajstić information content (AvgIpc) is 2.90. The maximum absolute atomic E-state index is 13.4. The smallest absolute Gasteiger partial charge is 0.247 e. The Hall–Kier alpha value is -1.99. The molecular weight excluding hydrogens is 398 g/mol. The Morgan fingerprint density at radius 1 is 1.33 bits per heavy atom. The van der Waals surface area contributed by atoms with E-state index in [2.05, 4.69) is 35.9 Å². The van der Waals surface area contributed by atoms with Crippen molar-refractivity contribution in [2.45, 2.75) is 44.7 Å². The van der Waals surface area contributed by atoms with Gasteiger partial charge in [0.05, 0.1) is 10.8 Å². The van der Waals surface area contributed by atoms with Gasteiger partial charge in [-0.05, 0) is 31.7 Å². The highest BCUT2D eigenvalue weighted by molar-refractivity contribution is 8.00. The van der Waals surface area contributed by atoms with E-state index in [1.54, 1.807) is 4.90 Å². The summed E-state index contributed by atoms with van der Waals surface area (Å²) in [4.78, 5) is 28.3. The Morgan fingerprint density at radius 2 is 2.10 bits per heavy atom. The molecule has 1 N–H and O–H groups in total. The van der Waals surface area contributed by atoms with Gasteiger partial charge >= 0.3 is 0 Å². The number of thioether (sulfide) groups is 1. The topological polar surface area (TPSA) is 63.6 Å². The van der Waals surface area contributed by atoms with E-state index >= 15 is 0 Å². The number of hydrogen-bond donors (Lipinski definition) is 1. The molecule has 7 heteroatoms. The van der Waals surface area contributed by atoms with Crippen molar-refractivity contribution in [3.05, 3.63) is 29.8 Å². The third-order valence-corrected chi connectivity index (χ3v) is 6.65. The molecule has 1 aliphatic heterocycles. The number of hydrogen-bond acceptors (Lipinski definition) is 4. The number of rotatable bonds is 9. The van der Waals surface area contributed by atoms with Crippen molar-refractivity contribution in [1.29, 1.82) is 0 Å². The summed E-state index contributed by atoms with van der Waals surface area (Å²) < 4.78 is 7.59. The lowest BCUT2D eigenvalue weighted by atomic mass is 10.0. The van der Waals surface area contributed by atoms with Gasteiger partial charge in [-0.2, -0.15) is 0 Å². The highest BCUT2D eigenvalue weighted by Gasteiger charge is 2.38. The zero-order valence-electron chi connectivity index (χ0n) is 18.4. The summed E-state index contributed by atoms with van der Waals surface area (Å²) in [5.41, 5.74) is 2.03. The highest BCUT2D eigenvalue weighted by atomic mass is 32.2. The third-order valence-electron chi connectivity index (χ3n) is 5.49. The Balaban J connectivity index is 2.00. The summed E-state index contributed by atoms with van der Waals surface area (Å²) in [6, 6.07) is 7.50. The van der Waals surface area contributed by atoms with Crippen LogP contribution in [0.4, 0.5) is 0 Å². The largest absolute Gasteiger partial charge is 0.382 e. The van der Waals surface area contributed by atoms with Crippen LogP contribution < -0.4 is 5.32 Å². The van der Waals surface area contributed by atoms with Crippen molar-refractivity contribution in [3.8, 4) is 0 Å². The molecule has 0 bridgehead atoms. The molecule has 0 saturated carbocycles. The Labute approximate surface area is 183 Å². The second-order valence-electron chi connectivity index (χ2n) is 8.10. The number of carbonyl (C=O) groups excluding carboxylic acids is 2.